The lowest BCUT2D eigenvalue weighted by Crippen LogP contribution is -2.59. The first-order chi connectivity index (χ1) is 16.3. The highest BCUT2D eigenvalue weighted by molar-refractivity contribution is 5.78. The molecular weight excluding hydrogens is 486 g/mol. The molecule has 0 radical (unpaired) electrons. The van der Waals surface area contributed by atoms with Gasteiger partial charge >= 0.3 is 18.3 Å². The first-order valence-corrected chi connectivity index (χ1v) is 10.8. The third kappa shape index (κ3) is 6.28. The van der Waals surface area contributed by atoms with Gasteiger partial charge in [-0.15, -0.1) is 10.2 Å². The monoisotopic (exact) mass is 510 g/mol. The van der Waals surface area contributed by atoms with Crippen LogP contribution in [0.25, 0.3) is 0 Å². The van der Waals surface area contributed by atoms with Gasteiger partial charge in [0.15, 0.2) is 0 Å². The van der Waals surface area contributed by atoms with Crippen LogP contribution in [0.1, 0.15) is 31.2 Å². The summed E-state index contributed by atoms with van der Waals surface area (Å²) in [6.07, 6.45) is -7.79. The van der Waals surface area contributed by atoms with Crippen molar-refractivity contribution in [3.8, 4) is 0 Å². The molecule has 1 aromatic carbocycles. The van der Waals surface area contributed by atoms with Gasteiger partial charge in [0.2, 0.25) is 5.91 Å². The number of piperidine rings is 1. The number of benzene rings is 1. The molecule has 0 spiro atoms. The zero-order chi connectivity index (χ0) is 25.9. The average Bonchev–Trinajstić information content (AvgIpc) is 3.55. The van der Waals surface area contributed by atoms with Gasteiger partial charge < -0.3 is 20.1 Å². The van der Waals surface area contributed by atoms with E-state index in [0.29, 0.717) is 26.1 Å². The van der Waals surface area contributed by atoms with E-state index < -0.39 is 35.6 Å². The number of hydrogen-bond acceptors (Lipinski definition) is 6. The Morgan fingerprint density at radius 3 is 2.14 bits per heavy atom. The molecule has 0 bridgehead atoms. The molecule has 0 aromatic heterocycles. The highest BCUT2D eigenvalue weighted by Gasteiger charge is 2.64. The minimum Gasteiger partial charge on any atom is -0.475 e. The maximum Gasteiger partial charge on any atom is 0.490 e. The number of carboxylic acid groups (broad SMARTS) is 1. The fourth-order valence-corrected chi connectivity index (χ4v) is 4.01. The Hall–Kier alpha value is -2.74. The van der Waals surface area contributed by atoms with Crippen molar-refractivity contribution in [1.29, 1.82) is 0 Å². The molecule has 2 N–H and O–H groups in total. The molecule has 35 heavy (non-hydrogen) atoms. The van der Waals surface area contributed by atoms with Crippen LogP contribution in [-0.4, -0.2) is 72.2 Å². The maximum absolute atomic E-state index is 13.2. The molecule has 3 aliphatic heterocycles. The van der Waals surface area contributed by atoms with Crippen molar-refractivity contribution in [2.75, 3.05) is 26.2 Å². The summed E-state index contributed by atoms with van der Waals surface area (Å²) in [6.45, 7) is 1.49. The molecule has 2 fully saturated rings. The third-order valence-electron chi connectivity index (χ3n) is 6.10. The fraction of sp³-hybridized carbons (Fsp3) is 0.619. The summed E-state index contributed by atoms with van der Waals surface area (Å²) in [5, 5.41) is 16.8. The molecule has 1 atom stereocenters. The Morgan fingerprint density at radius 2 is 1.69 bits per heavy atom. The second kappa shape index (κ2) is 10.1. The number of carboxylic acids is 1. The van der Waals surface area contributed by atoms with E-state index in [9.17, 15) is 31.1 Å². The van der Waals surface area contributed by atoms with Crippen LogP contribution in [0.3, 0.4) is 0 Å². The molecule has 1 aromatic rings. The number of halogens is 6. The lowest BCUT2D eigenvalue weighted by molar-refractivity contribution is -0.192. The highest BCUT2D eigenvalue weighted by Crippen LogP contribution is 2.48. The molecule has 8 nitrogen and oxygen atoms in total. The number of amides is 1. The van der Waals surface area contributed by atoms with Gasteiger partial charge in [0, 0.05) is 32.1 Å². The zero-order valence-corrected chi connectivity index (χ0v) is 18.4. The number of nitrogens with zero attached hydrogens (tertiary/aromatic N) is 3. The van der Waals surface area contributed by atoms with Gasteiger partial charge in [-0.25, -0.2) is 4.79 Å². The Morgan fingerprint density at radius 1 is 1.09 bits per heavy atom. The first-order valence-electron chi connectivity index (χ1n) is 10.8. The second-order valence-corrected chi connectivity index (χ2v) is 8.51. The molecule has 0 saturated carbocycles. The summed E-state index contributed by atoms with van der Waals surface area (Å²) >= 11 is 0. The molecule has 3 aliphatic rings. The largest absolute Gasteiger partial charge is 0.490 e. The number of ether oxygens (including phenoxy) is 1. The number of likely N-dealkylation sites (tertiary alicyclic amines) is 1. The summed E-state index contributed by atoms with van der Waals surface area (Å²) < 4.78 is 77.3. The van der Waals surface area contributed by atoms with Gasteiger partial charge in [-0.3, -0.25) is 4.79 Å². The zero-order valence-electron chi connectivity index (χ0n) is 18.4. The van der Waals surface area contributed by atoms with Crippen molar-refractivity contribution in [2.45, 2.75) is 55.3 Å². The van der Waals surface area contributed by atoms with Crippen LogP contribution in [0.5, 0.6) is 0 Å². The first kappa shape index (κ1) is 26.9. The van der Waals surface area contributed by atoms with E-state index in [4.69, 9.17) is 14.6 Å². The number of nitrogens with one attached hydrogen (secondary N) is 1. The van der Waals surface area contributed by atoms with Crippen molar-refractivity contribution >= 4 is 11.9 Å². The van der Waals surface area contributed by atoms with Gasteiger partial charge in [-0.1, -0.05) is 30.3 Å². The quantitative estimate of drug-likeness (QED) is 0.569. The maximum atomic E-state index is 13.2. The Kier molecular flexibility index (Phi) is 7.74. The predicted molar refractivity (Wildman–Crippen MR) is 108 cm³/mol. The number of carbonyl (C=O) groups excluding carboxylic acids is 1. The Balaban J connectivity index is 0.000000429. The molecule has 3 heterocycles. The van der Waals surface area contributed by atoms with Crippen LogP contribution in [0, 0.1) is 0 Å². The van der Waals surface area contributed by atoms with Crippen molar-refractivity contribution < 1.29 is 45.8 Å². The molecule has 4 rings (SSSR count). The van der Waals surface area contributed by atoms with Gasteiger partial charge in [-0.2, -0.15) is 26.3 Å². The molecule has 2 saturated heterocycles. The van der Waals surface area contributed by atoms with Crippen LogP contribution >= 0.6 is 0 Å². The van der Waals surface area contributed by atoms with E-state index in [-0.39, 0.29) is 18.9 Å². The van der Waals surface area contributed by atoms with E-state index in [1.807, 2.05) is 30.3 Å². The summed E-state index contributed by atoms with van der Waals surface area (Å²) in [6, 6.07) is 9.14. The number of carbonyl (C=O) groups is 2. The minimum absolute atomic E-state index is 0.152. The van der Waals surface area contributed by atoms with Gasteiger partial charge in [0.05, 0.1) is 0 Å². The van der Waals surface area contributed by atoms with Gasteiger partial charge in [-0.05, 0) is 24.8 Å². The van der Waals surface area contributed by atoms with Crippen molar-refractivity contribution in [3.63, 3.8) is 0 Å². The predicted octanol–water partition coefficient (Wildman–Crippen LogP) is 3.63. The summed E-state index contributed by atoms with van der Waals surface area (Å²) in [4.78, 5) is 23.2. The lowest BCUT2D eigenvalue weighted by atomic mass is 9.88. The molecule has 194 valence electrons. The van der Waals surface area contributed by atoms with Crippen molar-refractivity contribution in [1.82, 2.24) is 10.2 Å². The standard InChI is InChI=1S/C19H23F3N4O2.C2HF3O2/c20-19(21,22)18(24-25-18)10-15-8-4-5-9-26(15)16(27)11-28-17(12-23-13-17)14-6-2-1-3-7-14;3-2(4,5)1(6)7/h1-3,6-7,15,23H,4-5,8-13H2;(H,6,7). The van der Waals surface area contributed by atoms with E-state index >= 15 is 0 Å². The summed E-state index contributed by atoms with van der Waals surface area (Å²) in [7, 11) is 0. The summed E-state index contributed by atoms with van der Waals surface area (Å²) in [5.74, 6) is -3.03. The topological polar surface area (TPSA) is 104 Å². The number of alkyl halides is 6. The molecule has 14 heteroatoms. The van der Waals surface area contributed by atoms with Crippen LogP contribution in [0.15, 0.2) is 40.6 Å². The van der Waals surface area contributed by atoms with E-state index in [1.165, 1.54) is 4.90 Å². The lowest BCUT2D eigenvalue weighted by Gasteiger charge is -2.43. The van der Waals surface area contributed by atoms with Crippen LogP contribution in [0.4, 0.5) is 26.3 Å². The molecule has 1 unspecified atom stereocenters. The SMILES string of the molecule is O=C(COC1(c2ccccc2)CNC1)N1CCCCC1CC1(C(F)(F)F)N=N1.O=C(O)C(F)(F)F. The second-order valence-electron chi connectivity index (χ2n) is 8.51. The van der Waals surface area contributed by atoms with E-state index in [1.54, 1.807) is 0 Å². The van der Waals surface area contributed by atoms with Crippen molar-refractivity contribution in [3.05, 3.63) is 35.9 Å². The van der Waals surface area contributed by atoms with Crippen LogP contribution in [-0.2, 0) is 19.9 Å². The average molecular weight is 510 g/mol. The third-order valence-corrected chi connectivity index (χ3v) is 6.10. The van der Waals surface area contributed by atoms with Gasteiger partial charge in [0.25, 0.3) is 5.66 Å². The Labute approximate surface area is 196 Å². The Bertz CT molecular complexity index is 928. The molecular formula is C21H24F6N4O4. The van der Waals surface area contributed by atoms with E-state index in [0.717, 1.165) is 18.4 Å². The number of rotatable bonds is 6. The fourth-order valence-electron chi connectivity index (χ4n) is 4.01. The van der Waals surface area contributed by atoms with Crippen LogP contribution in [0.2, 0.25) is 0 Å². The minimum atomic E-state index is -5.08. The highest BCUT2D eigenvalue weighted by atomic mass is 19.4. The van der Waals surface area contributed by atoms with Crippen molar-refractivity contribution in [2.24, 2.45) is 10.2 Å². The van der Waals surface area contributed by atoms with Gasteiger partial charge in [0.1, 0.15) is 12.2 Å². The number of hydrogen-bond donors (Lipinski definition) is 2. The smallest absolute Gasteiger partial charge is 0.475 e. The normalized spacial score (nSPS) is 22.5. The number of aliphatic carboxylic acids is 1. The van der Waals surface area contributed by atoms with E-state index in [2.05, 4.69) is 15.5 Å². The molecule has 1 amide bonds. The summed E-state index contributed by atoms with van der Waals surface area (Å²) in [5.41, 5.74) is -1.89. The van der Waals surface area contributed by atoms with Crippen LogP contribution < -0.4 is 5.32 Å². The molecule has 0 aliphatic carbocycles.